The number of aryl methyl sites for hydroxylation is 1. The van der Waals surface area contributed by atoms with E-state index in [-0.39, 0.29) is 0 Å². The first-order valence-corrected chi connectivity index (χ1v) is 6.67. The molecule has 0 fully saturated rings. The minimum Gasteiger partial charge on any atom is -0.485 e. The summed E-state index contributed by atoms with van der Waals surface area (Å²) in [4.78, 5) is 8.80. The molecule has 0 unspecified atom stereocenters. The van der Waals surface area contributed by atoms with Gasteiger partial charge in [0.15, 0.2) is 0 Å². The van der Waals surface area contributed by atoms with Crippen molar-refractivity contribution in [1.82, 2.24) is 9.97 Å². The summed E-state index contributed by atoms with van der Waals surface area (Å²) >= 11 is 0. The van der Waals surface area contributed by atoms with Crippen molar-refractivity contribution in [3.8, 4) is 5.75 Å². The molecule has 0 atom stereocenters. The molecule has 3 aromatic rings. The van der Waals surface area contributed by atoms with Crippen LogP contribution in [0, 0.1) is 6.92 Å². The van der Waals surface area contributed by atoms with Crippen molar-refractivity contribution >= 4 is 16.6 Å². The average Bonchev–Trinajstić information content (AvgIpc) is 2.53. The van der Waals surface area contributed by atoms with Crippen LogP contribution in [0.1, 0.15) is 11.4 Å². The van der Waals surface area contributed by atoms with E-state index in [0.717, 1.165) is 33.7 Å². The van der Waals surface area contributed by atoms with Gasteiger partial charge in [-0.15, -0.1) is 0 Å². The lowest BCUT2D eigenvalue weighted by Gasteiger charge is -2.09. The zero-order chi connectivity index (χ0) is 14.7. The topological polar surface area (TPSA) is 73.1 Å². The van der Waals surface area contributed by atoms with Crippen LogP contribution in [0.4, 0.5) is 5.69 Å². The summed E-state index contributed by atoms with van der Waals surface area (Å²) in [5.74, 6) is 6.14. The summed E-state index contributed by atoms with van der Waals surface area (Å²) in [6.07, 6.45) is 1.69. The highest BCUT2D eigenvalue weighted by molar-refractivity contribution is 5.84. The van der Waals surface area contributed by atoms with Gasteiger partial charge in [-0.25, -0.2) is 4.98 Å². The van der Waals surface area contributed by atoms with Crippen molar-refractivity contribution in [2.75, 3.05) is 5.43 Å². The van der Waals surface area contributed by atoms with Crippen LogP contribution < -0.4 is 16.0 Å². The van der Waals surface area contributed by atoms with E-state index in [4.69, 9.17) is 10.6 Å². The van der Waals surface area contributed by atoms with Gasteiger partial charge in [-0.1, -0.05) is 18.2 Å². The molecule has 0 aliphatic rings. The molecular weight excluding hydrogens is 264 g/mol. The zero-order valence-corrected chi connectivity index (χ0v) is 11.7. The molecule has 2 heterocycles. The maximum atomic E-state index is 5.87. The van der Waals surface area contributed by atoms with Gasteiger partial charge in [-0.2, -0.15) is 0 Å². The number of rotatable bonds is 4. The lowest BCUT2D eigenvalue weighted by Crippen LogP contribution is -2.08. The Morgan fingerprint density at radius 3 is 2.95 bits per heavy atom. The predicted molar refractivity (Wildman–Crippen MR) is 82.9 cm³/mol. The van der Waals surface area contributed by atoms with Gasteiger partial charge in [0.2, 0.25) is 0 Å². The number of nitrogen functional groups attached to an aromatic ring is 1. The quantitative estimate of drug-likeness (QED) is 0.568. The lowest BCUT2D eigenvalue weighted by atomic mass is 10.2. The van der Waals surface area contributed by atoms with Crippen LogP contribution in [-0.4, -0.2) is 9.97 Å². The molecule has 0 radical (unpaired) electrons. The molecule has 0 saturated heterocycles. The van der Waals surface area contributed by atoms with Crippen LogP contribution in [-0.2, 0) is 6.61 Å². The van der Waals surface area contributed by atoms with Crippen molar-refractivity contribution in [3.05, 3.63) is 60.0 Å². The van der Waals surface area contributed by atoms with Crippen molar-refractivity contribution in [3.63, 3.8) is 0 Å². The standard InChI is InChI=1S/C16H16N4O/c1-11-5-6-12-3-2-4-15(16(12)19-11)21-10-14-9-13(20-17)7-8-18-14/h2-9H,10,17H2,1H3,(H,18,20). The smallest absolute Gasteiger partial charge is 0.146 e. The Labute approximate surface area is 122 Å². The Kier molecular flexibility index (Phi) is 3.66. The third kappa shape index (κ3) is 2.93. The first kappa shape index (κ1) is 13.3. The summed E-state index contributed by atoms with van der Waals surface area (Å²) in [7, 11) is 0. The fourth-order valence-electron chi connectivity index (χ4n) is 2.13. The van der Waals surface area contributed by atoms with Crippen molar-refractivity contribution in [1.29, 1.82) is 0 Å². The van der Waals surface area contributed by atoms with Gasteiger partial charge in [0.1, 0.15) is 17.9 Å². The second kappa shape index (κ2) is 5.76. The average molecular weight is 280 g/mol. The van der Waals surface area contributed by atoms with E-state index in [1.165, 1.54) is 0 Å². The molecule has 1 aromatic carbocycles. The van der Waals surface area contributed by atoms with Crippen LogP contribution in [0.3, 0.4) is 0 Å². The van der Waals surface area contributed by atoms with Gasteiger partial charge in [-0.05, 0) is 31.2 Å². The van der Waals surface area contributed by atoms with Gasteiger partial charge < -0.3 is 10.2 Å². The number of hydrogen-bond acceptors (Lipinski definition) is 5. The number of aromatic nitrogens is 2. The first-order chi connectivity index (χ1) is 10.3. The maximum Gasteiger partial charge on any atom is 0.146 e. The SMILES string of the molecule is Cc1ccc2cccc(OCc3cc(NN)ccn3)c2n1. The van der Waals surface area contributed by atoms with E-state index in [1.807, 2.05) is 43.3 Å². The number of hydrogen-bond donors (Lipinski definition) is 2. The van der Waals surface area contributed by atoms with Crippen LogP contribution in [0.15, 0.2) is 48.7 Å². The summed E-state index contributed by atoms with van der Waals surface area (Å²) < 4.78 is 5.87. The van der Waals surface area contributed by atoms with E-state index in [1.54, 1.807) is 12.3 Å². The molecule has 0 aliphatic carbocycles. The number of para-hydroxylation sites is 1. The van der Waals surface area contributed by atoms with Crippen molar-refractivity contribution in [2.45, 2.75) is 13.5 Å². The van der Waals surface area contributed by atoms with Crippen LogP contribution in [0.2, 0.25) is 0 Å². The molecule has 0 saturated carbocycles. The number of pyridine rings is 2. The second-order valence-electron chi connectivity index (χ2n) is 4.75. The Balaban J connectivity index is 1.86. The third-order valence-corrected chi connectivity index (χ3v) is 3.18. The summed E-state index contributed by atoms with van der Waals surface area (Å²) in [5.41, 5.74) is 6.03. The molecule has 3 rings (SSSR count). The zero-order valence-electron chi connectivity index (χ0n) is 11.7. The fraction of sp³-hybridized carbons (Fsp3) is 0.125. The Morgan fingerprint density at radius 1 is 1.19 bits per heavy atom. The molecule has 21 heavy (non-hydrogen) atoms. The second-order valence-corrected chi connectivity index (χ2v) is 4.75. The number of benzene rings is 1. The van der Waals surface area contributed by atoms with E-state index < -0.39 is 0 Å². The van der Waals surface area contributed by atoms with Gasteiger partial charge in [0.05, 0.1) is 11.4 Å². The number of nitrogens with two attached hydrogens (primary N) is 1. The Bertz CT molecular complexity index is 773. The minimum absolute atomic E-state index is 0.365. The molecule has 106 valence electrons. The number of ether oxygens (including phenoxy) is 1. The molecular formula is C16H16N4O. The summed E-state index contributed by atoms with van der Waals surface area (Å²) in [6, 6.07) is 13.6. The lowest BCUT2D eigenvalue weighted by molar-refractivity contribution is 0.304. The highest BCUT2D eigenvalue weighted by Gasteiger charge is 2.05. The van der Waals surface area contributed by atoms with Gasteiger partial charge >= 0.3 is 0 Å². The Hall–Kier alpha value is -2.66. The summed E-state index contributed by atoms with van der Waals surface area (Å²) in [5, 5.41) is 1.06. The highest BCUT2D eigenvalue weighted by Crippen LogP contribution is 2.24. The normalized spacial score (nSPS) is 10.6. The molecule has 0 spiro atoms. The van der Waals surface area contributed by atoms with E-state index >= 15 is 0 Å². The van der Waals surface area contributed by atoms with Crippen LogP contribution >= 0.6 is 0 Å². The van der Waals surface area contributed by atoms with Gasteiger partial charge in [-0.3, -0.25) is 10.8 Å². The number of hydrazine groups is 1. The van der Waals surface area contributed by atoms with Crippen LogP contribution in [0.25, 0.3) is 10.9 Å². The first-order valence-electron chi connectivity index (χ1n) is 6.67. The van der Waals surface area contributed by atoms with Gasteiger partial charge in [0.25, 0.3) is 0 Å². The number of nitrogens with one attached hydrogen (secondary N) is 1. The summed E-state index contributed by atoms with van der Waals surface area (Å²) in [6.45, 7) is 2.33. The van der Waals surface area contributed by atoms with E-state index in [2.05, 4.69) is 15.4 Å². The largest absolute Gasteiger partial charge is 0.485 e. The molecule has 5 nitrogen and oxygen atoms in total. The molecule has 0 bridgehead atoms. The van der Waals surface area contributed by atoms with Crippen molar-refractivity contribution in [2.24, 2.45) is 5.84 Å². The van der Waals surface area contributed by atoms with Crippen LogP contribution in [0.5, 0.6) is 5.75 Å². The minimum atomic E-state index is 0.365. The number of anilines is 1. The number of nitrogens with zero attached hydrogens (tertiary/aromatic N) is 2. The maximum absolute atomic E-state index is 5.87. The predicted octanol–water partition coefficient (Wildman–Crippen LogP) is 2.80. The van der Waals surface area contributed by atoms with Gasteiger partial charge in [0, 0.05) is 17.3 Å². The Morgan fingerprint density at radius 2 is 2.10 bits per heavy atom. The van der Waals surface area contributed by atoms with E-state index in [0.29, 0.717) is 6.61 Å². The van der Waals surface area contributed by atoms with Crippen molar-refractivity contribution < 1.29 is 4.74 Å². The van der Waals surface area contributed by atoms with E-state index in [9.17, 15) is 0 Å². The number of fused-ring (bicyclic) bond motifs is 1. The third-order valence-electron chi connectivity index (χ3n) is 3.18. The molecule has 2 aromatic heterocycles. The molecule has 0 amide bonds. The monoisotopic (exact) mass is 280 g/mol. The fourth-order valence-corrected chi connectivity index (χ4v) is 2.13. The highest BCUT2D eigenvalue weighted by atomic mass is 16.5. The molecule has 3 N–H and O–H groups in total. The molecule has 0 aliphatic heterocycles. The molecule has 5 heteroatoms.